The Labute approximate surface area is 85.0 Å². The molecule has 0 aliphatic carbocycles. The number of hydrogen-bond acceptors (Lipinski definition) is 2. The Morgan fingerprint density at radius 2 is 1.79 bits per heavy atom. The molecule has 3 N–H and O–H groups in total. The van der Waals surface area contributed by atoms with Gasteiger partial charge in [-0.15, -0.1) is 0 Å². The van der Waals surface area contributed by atoms with Crippen LogP contribution in [0, 0.1) is 19.3 Å². The summed E-state index contributed by atoms with van der Waals surface area (Å²) in [4.78, 5) is 1.97. The highest BCUT2D eigenvalue weighted by Gasteiger charge is 2.02. The van der Waals surface area contributed by atoms with E-state index in [0.29, 0.717) is 6.54 Å². The van der Waals surface area contributed by atoms with Crippen LogP contribution in [0.2, 0.25) is 0 Å². The summed E-state index contributed by atoms with van der Waals surface area (Å²) in [6, 6.07) is 6.32. The predicted molar refractivity (Wildman–Crippen MR) is 61.1 cm³/mol. The highest BCUT2D eigenvalue weighted by atomic mass is 15.1. The molecule has 0 aliphatic heterocycles. The molecule has 0 amide bonds. The first-order chi connectivity index (χ1) is 6.49. The summed E-state index contributed by atoms with van der Waals surface area (Å²) < 4.78 is 0. The van der Waals surface area contributed by atoms with Gasteiger partial charge in [0.2, 0.25) is 0 Å². The maximum Gasteiger partial charge on any atom is 0.110 e. The number of likely N-dealkylation sites (N-methyl/N-ethyl adjacent to an activating group) is 1. The van der Waals surface area contributed by atoms with Crippen molar-refractivity contribution in [2.75, 3.05) is 18.5 Å². The van der Waals surface area contributed by atoms with E-state index < -0.39 is 0 Å². The van der Waals surface area contributed by atoms with E-state index >= 15 is 0 Å². The van der Waals surface area contributed by atoms with Gasteiger partial charge in [0.15, 0.2) is 0 Å². The van der Waals surface area contributed by atoms with Gasteiger partial charge in [0.25, 0.3) is 0 Å². The minimum absolute atomic E-state index is 0.187. The molecule has 1 rings (SSSR count). The van der Waals surface area contributed by atoms with E-state index in [0.717, 1.165) is 5.69 Å². The summed E-state index contributed by atoms with van der Waals surface area (Å²) >= 11 is 0. The van der Waals surface area contributed by atoms with Gasteiger partial charge in [-0.05, 0) is 37.1 Å². The van der Waals surface area contributed by atoms with Crippen LogP contribution in [0.4, 0.5) is 5.69 Å². The van der Waals surface area contributed by atoms with Crippen molar-refractivity contribution in [1.82, 2.24) is 0 Å². The Hall–Kier alpha value is -1.51. The molecule has 0 saturated heterocycles. The first-order valence-corrected chi connectivity index (χ1v) is 4.61. The molecule has 1 aromatic carbocycles. The van der Waals surface area contributed by atoms with Crippen LogP contribution < -0.4 is 10.6 Å². The van der Waals surface area contributed by atoms with Crippen molar-refractivity contribution in [3.8, 4) is 0 Å². The normalized spacial score (nSPS) is 9.93. The fourth-order valence-corrected chi connectivity index (χ4v) is 1.52. The molecule has 0 radical (unpaired) electrons. The van der Waals surface area contributed by atoms with Gasteiger partial charge in [-0.2, -0.15) is 0 Å². The lowest BCUT2D eigenvalue weighted by atomic mass is 10.1. The van der Waals surface area contributed by atoms with Crippen LogP contribution in [0.1, 0.15) is 11.1 Å². The summed E-state index contributed by atoms with van der Waals surface area (Å²) in [5, 5.41) is 7.22. The Bertz CT molecular complexity index is 324. The van der Waals surface area contributed by atoms with Crippen molar-refractivity contribution in [2.24, 2.45) is 5.73 Å². The number of anilines is 1. The van der Waals surface area contributed by atoms with Crippen molar-refractivity contribution in [1.29, 1.82) is 5.41 Å². The number of hydrogen-bond donors (Lipinski definition) is 2. The minimum atomic E-state index is 0.187. The Balaban J connectivity index is 2.89. The van der Waals surface area contributed by atoms with Gasteiger partial charge in [-0.1, -0.05) is 6.07 Å². The predicted octanol–water partition coefficient (Wildman–Crippen LogP) is 1.68. The SMILES string of the molecule is Cc1cc(C)cc(N(C)CC(=N)N)c1. The van der Waals surface area contributed by atoms with E-state index in [1.807, 2.05) is 11.9 Å². The summed E-state index contributed by atoms with van der Waals surface area (Å²) in [6.45, 7) is 4.61. The highest BCUT2D eigenvalue weighted by molar-refractivity contribution is 5.82. The lowest BCUT2D eigenvalue weighted by Gasteiger charge is -2.19. The quantitative estimate of drug-likeness (QED) is 0.564. The fraction of sp³-hybridized carbons (Fsp3) is 0.364. The second-order valence-corrected chi connectivity index (χ2v) is 3.73. The number of nitrogens with two attached hydrogens (primary N) is 1. The molecule has 3 nitrogen and oxygen atoms in total. The third kappa shape index (κ3) is 2.76. The number of benzene rings is 1. The third-order valence-corrected chi connectivity index (χ3v) is 2.05. The largest absolute Gasteiger partial charge is 0.386 e. The fourth-order valence-electron chi connectivity index (χ4n) is 1.52. The Morgan fingerprint density at radius 3 is 2.21 bits per heavy atom. The molecule has 3 heteroatoms. The third-order valence-electron chi connectivity index (χ3n) is 2.05. The van der Waals surface area contributed by atoms with E-state index in [9.17, 15) is 0 Å². The second-order valence-electron chi connectivity index (χ2n) is 3.73. The molecule has 0 bridgehead atoms. The van der Waals surface area contributed by atoms with Gasteiger partial charge in [0.1, 0.15) is 5.84 Å². The molecule has 0 unspecified atom stereocenters. The second kappa shape index (κ2) is 4.13. The number of nitrogens with one attached hydrogen (secondary N) is 1. The molecular formula is C11H17N3. The zero-order valence-electron chi connectivity index (χ0n) is 8.96. The summed E-state index contributed by atoms with van der Waals surface area (Å²) in [5.41, 5.74) is 8.92. The van der Waals surface area contributed by atoms with Gasteiger partial charge < -0.3 is 10.6 Å². The molecule has 76 valence electrons. The van der Waals surface area contributed by atoms with Crippen molar-refractivity contribution in [3.63, 3.8) is 0 Å². The van der Waals surface area contributed by atoms with Crippen LogP contribution >= 0.6 is 0 Å². The molecule has 0 saturated carbocycles. The van der Waals surface area contributed by atoms with Gasteiger partial charge >= 0.3 is 0 Å². The van der Waals surface area contributed by atoms with Crippen LogP contribution in [0.15, 0.2) is 18.2 Å². The summed E-state index contributed by atoms with van der Waals surface area (Å²) in [6.07, 6.45) is 0. The number of amidine groups is 1. The van der Waals surface area contributed by atoms with E-state index in [-0.39, 0.29) is 5.84 Å². The maximum atomic E-state index is 7.22. The number of aryl methyl sites for hydroxylation is 2. The van der Waals surface area contributed by atoms with Crippen LogP contribution in [0.25, 0.3) is 0 Å². The van der Waals surface area contributed by atoms with E-state index in [4.69, 9.17) is 11.1 Å². The molecule has 14 heavy (non-hydrogen) atoms. The van der Waals surface area contributed by atoms with Crippen LogP contribution in [0.3, 0.4) is 0 Å². The molecule has 0 aromatic heterocycles. The molecule has 0 aliphatic rings. The van der Waals surface area contributed by atoms with Crippen molar-refractivity contribution in [3.05, 3.63) is 29.3 Å². The zero-order valence-corrected chi connectivity index (χ0v) is 8.96. The van der Waals surface area contributed by atoms with Gasteiger partial charge in [0.05, 0.1) is 6.54 Å². The average molecular weight is 191 g/mol. The molecule has 0 spiro atoms. The molecule has 1 aromatic rings. The van der Waals surface area contributed by atoms with Gasteiger partial charge in [-0.3, -0.25) is 5.41 Å². The molecule has 0 fully saturated rings. The van der Waals surface area contributed by atoms with Crippen molar-refractivity contribution >= 4 is 11.5 Å². The lowest BCUT2D eigenvalue weighted by molar-refractivity contribution is 1.04. The zero-order chi connectivity index (χ0) is 10.7. The van der Waals surface area contributed by atoms with E-state index in [2.05, 4.69) is 32.0 Å². The first kappa shape index (κ1) is 10.6. The van der Waals surface area contributed by atoms with Crippen LogP contribution in [0.5, 0.6) is 0 Å². The van der Waals surface area contributed by atoms with Crippen molar-refractivity contribution in [2.45, 2.75) is 13.8 Å². The Kier molecular flexibility index (Phi) is 3.12. The first-order valence-electron chi connectivity index (χ1n) is 4.61. The number of nitrogens with zero attached hydrogens (tertiary/aromatic N) is 1. The summed E-state index contributed by atoms with van der Waals surface area (Å²) in [5.74, 6) is 0.187. The van der Waals surface area contributed by atoms with E-state index in [1.54, 1.807) is 0 Å². The van der Waals surface area contributed by atoms with Crippen LogP contribution in [-0.4, -0.2) is 19.4 Å². The topological polar surface area (TPSA) is 53.1 Å². The monoisotopic (exact) mass is 191 g/mol. The highest BCUT2D eigenvalue weighted by Crippen LogP contribution is 2.16. The van der Waals surface area contributed by atoms with Crippen molar-refractivity contribution < 1.29 is 0 Å². The maximum absolute atomic E-state index is 7.22. The lowest BCUT2D eigenvalue weighted by Crippen LogP contribution is -2.30. The average Bonchev–Trinajstić information content (AvgIpc) is 2.00. The van der Waals surface area contributed by atoms with Crippen LogP contribution in [-0.2, 0) is 0 Å². The van der Waals surface area contributed by atoms with Gasteiger partial charge in [0, 0.05) is 12.7 Å². The van der Waals surface area contributed by atoms with Gasteiger partial charge in [-0.25, -0.2) is 0 Å². The smallest absolute Gasteiger partial charge is 0.110 e. The number of rotatable bonds is 3. The standard InChI is InChI=1S/C11H17N3/c1-8-4-9(2)6-10(5-8)14(3)7-11(12)13/h4-6H,7H2,1-3H3,(H3,12,13). The van der Waals surface area contributed by atoms with E-state index in [1.165, 1.54) is 11.1 Å². The molecular weight excluding hydrogens is 174 g/mol. The minimum Gasteiger partial charge on any atom is -0.386 e. The summed E-state index contributed by atoms with van der Waals surface area (Å²) in [7, 11) is 1.94. The molecule has 0 heterocycles. The molecule has 0 atom stereocenters. The Morgan fingerprint density at radius 1 is 1.29 bits per heavy atom.